The van der Waals surface area contributed by atoms with Crippen LogP contribution in [-0.4, -0.2) is 37.6 Å². The van der Waals surface area contributed by atoms with Crippen molar-refractivity contribution < 1.29 is 14.3 Å². The number of hydrogen-bond acceptors (Lipinski definition) is 3. The number of carbonyl (C=O) groups is 2. The molecule has 1 fully saturated rings. The first kappa shape index (κ1) is 14.0. The van der Waals surface area contributed by atoms with Crippen molar-refractivity contribution in [1.29, 1.82) is 0 Å². The van der Waals surface area contributed by atoms with E-state index in [2.05, 4.69) is 17.6 Å². The van der Waals surface area contributed by atoms with Gasteiger partial charge in [-0.2, -0.15) is 0 Å². The third-order valence-electron chi connectivity index (χ3n) is 2.93. The summed E-state index contributed by atoms with van der Waals surface area (Å²) in [5, 5.41) is 5.60. The highest BCUT2D eigenvalue weighted by atomic mass is 16.5. The van der Waals surface area contributed by atoms with Gasteiger partial charge in [-0.15, -0.1) is 0 Å². The minimum Gasteiger partial charge on any atom is -0.383 e. The van der Waals surface area contributed by atoms with Gasteiger partial charge >= 0.3 is 0 Å². The first-order chi connectivity index (χ1) is 8.17. The molecule has 0 aromatic carbocycles. The molecule has 1 saturated heterocycles. The zero-order chi connectivity index (χ0) is 12.7. The molecule has 2 atom stereocenters. The highest BCUT2D eigenvalue weighted by Crippen LogP contribution is 2.08. The van der Waals surface area contributed by atoms with Crippen LogP contribution in [0.25, 0.3) is 0 Å². The minimum absolute atomic E-state index is 0.0398. The topological polar surface area (TPSA) is 67.4 Å². The van der Waals surface area contributed by atoms with Gasteiger partial charge in [-0.3, -0.25) is 9.59 Å². The Morgan fingerprint density at radius 2 is 2.41 bits per heavy atom. The van der Waals surface area contributed by atoms with E-state index < -0.39 is 0 Å². The van der Waals surface area contributed by atoms with Gasteiger partial charge in [0, 0.05) is 13.5 Å². The summed E-state index contributed by atoms with van der Waals surface area (Å²) in [5.74, 6) is -0.129. The molecule has 0 spiro atoms. The second kappa shape index (κ2) is 7.27. The van der Waals surface area contributed by atoms with E-state index in [4.69, 9.17) is 4.74 Å². The van der Waals surface area contributed by atoms with Gasteiger partial charge in [0.25, 0.3) is 0 Å². The SMILES string of the molecule is CCCC[C@@H](COC)NC(=O)[C@H]1CCC(=O)N1. The molecular formula is C12H22N2O3. The van der Waals surface area contributed by atoms with Crippen LogP contribution < -0.4 is 10.6 Å². The summed E-state index contributed by atoms with van der Waals surface area (Å²) in [6, 6.07) is -0.312. The summed E-state index contributed by atoms with van der Waals surface area (Å²) in [5.41, 5.74) is 0. The molecular weight excluding hydrogens is 220 g/mol. The summed E-state index contributed by atoms with van der Waals surface area (Å²) >= 11 is 0. The number of methoxy groups -OCH3 is 1. The Morgan fingerprint density at radius 3 is 2.94 bits per heavy atom. The number of ether oxygens (including phenoxy) is 1. The molecule has 1 aliphatic rings. The summed E-state index contributed by atoms with van der Waals surface area (Å²) < 4.78 is 5.08. The average molecular weight is 242 g/mol. The molecule has 1 heterocycles. The van der Waals surface area contributed by atoms with Crippen molar-refractivity contribution in [2.75, 3.05) is 13.7 Å². The van der Waals surface area contributed by atoms with E-state index in [1.807, 2.05) is 0 Å². The number of carbonyl (C=O) groups excluding carboxylic acids is 2. The second-order valence-corrected chi connectivity index (χ2v) is 4.46. The smallest absolute Gasteiger partial charge is 0.242 e. The highest BCUT2D eigenvalue weighted by molar-refractivity contribution is 5.90. The van der Waals surface area contributed by atoms with E-state index in [1.165, 1.54) is 0 Å². The molecule has 1 aliphatic heterocycles. The largest absolute Gasteiger partial charge is 0.383 e. The van der Waals surface area contributed by atoms with E-state index in [0.717, 1.165) is 19.3 Å². The van der Waals surface area contributed by atoms with Crippen LogP contribution in [0, 0.1) is 0 Å². The summed E-state index contributed by atoms with van der Waals surface area (Å²) in [4.78, 5) is 22.9. The highest BCUT2D eigenvalue weighted by Gasteiger charge is 2.28. The maximum absolute atomic E-state index is 11.9. The molecule has 0 radical (unpaired) electrons. The Bertz CT molecular complexity index is 268. The number of unbranched alkanes of at least 4 members (excludes halogenated alkanes) is 1. The Morgan fingerprint density at radius 1 is 1.65 bits per heavy atom. The van der Waals surface area contributed by atoms with Crippen LogP contribution in [0.2, 0.25) is 0 Å². The minimum atomic E-state index is -0.358. The maximum atomic E-state index is 11.9. The van der Waals surface area contributed by atoms with E-state index >= 15 is 0 Å². The Hall–Kier alpha value is -1.10. The molecule has 2 amide bonds. The van der Waals surface area contributed by atoms with Gasteiger partial charge in [-0.05, 0) is 12.8 Å². The van der Waals surface area contributed by atoms with E-state index in [1.54, 1.807) is 7.11 Å². The molecule has 0 aromatic rings. The van der Waals surface area contributed by atoms with Crippen LogP contribution in [-0.2, 0) is 14.3 Å². The average Bonchev–Trinajstić information content (AvgIpc) is 2.73. The first-order valence-corrected chi connectivity index (χ1v) is 6.26. The normalized spacial score (nSPS) is 21.1. The predicted molar refractivity (Wildman–Crippen MR) is 64.5 cm³/mol. The standard InChI is InChI=1S/C12H22N2O3/c1-3-4-5-9(8-17-2)13-12(16)10-6-7-11(15)14-10/h9-10H,3-8H2,1-2H3,(H,13,16)(H,14,15)/t9-,10+/m0/s1. The van der Waals surface area contributed by atoms with Crippen molar-refractivity contribution in [3.8, 4) is 0 Å². The fourth-order valence-electron chi connectivity index (χ4n) is 1.96. The molecule has 0 aliphatic carbocycles. The number of rotatable bonds is 7. The van der Waals surface area contributed by atoms with Gasteiger partial charge in [-0.1, -0.05) is 19.8 Å². The van der Waals surface area contributed by atoms with Crippen LogP contribution in [0.4, 0.5) is 0 Å². The molecule has 0 unspecified atom stereocenters. The van der Waals surface area contributed by atoms with Crippen LogP contribution >= 0.6 is 0 Å². The third-order valence-corrected chi connectivity index (χ3v) is 2.93. The summed E-state index contributed by atoms with van der Waals surface area (Å²) in [6.45, 7) is 2.63. The Labute approximate surface area is 102 Å². The van der Waals surface area contributed by atoms with Crippen molar-refractivity contribution in [2.45, 2.75) is 51.1 Å². The zero-order valence-corrected chi connectivity index (χ0v) is 10.6. The van der Waals surface area contributed by atoms with Gasteiger partial charge in [0.1, 0.15) is 6.04 Å². The molecule has 0 bridgehead atoms. The molecule has 0 saturated carbocycles. The lowest BCUT2D eigenvalue weighted by atomic mass is 10.1. The zero-order valence-electron chi connectivity index (χ0n) is 10.6. The Balaban J connectivity index is 2.37. The fourth-order valence-corrected chi connectivity index (χ4v) is 1.96. The van der Waals surface area contributed by atoms with E-state index in [9.17, 15) is 9.59 Å². The number of amides is 2. The fraction of sp³-hybridized carbons (Fsp3) is 0.833. The Kier molecular flexibility index (Phi) is 5.97. The molecule has 0 aromatic heterocycles. The van der Waals surface area contributed by atoms with E-state index in [0.29, 0.717) is 19.4 Å². The number of nitrogens with one attached hydrogen (secondary N) is 2. The maximum Gasteiger partial charge on any atom is 0.242 e. The van der Waals surface area contributed by atoms with Gasteiger partial charge < -0.3 is 15.4 Å². The molecule has 1 rings (SSSR count). The molecule has 5 nitrogen and oxygen atoms in total. The van der Waals surface area contributed by atoms with Crippen molar-refractivity contribution in [2.24, 2.45) is 0 Å². The van der Waals surface area contributed by atoms with Gasteiger partial charge in [0.2, 0.25) is 11.8 Å². The van der Waals surface area contributed by atoms with Crippen LogP contribution in [0.3, 0.4) is 0 Å². The van der Waals surface area contributed by atoms with Crippen molar-refractivity contribution in [1.82, 2.24) is 10.6 Å². The van der Waals surface area contributed by atoms with Gasteiger partial charge in [-0.25, -0.2) is 0 Å². The van der Waals surface area contributed by atoms with Crippen molar-refractivity contribution in [3.05, 3.63) is 0 Å². The molecule has 2 N–H and O–H groups in total. The summed E-state index contributed by atoms with van der Waals surface area (Å²) in [6.07, 6.45) is 4.11. The van der Waals surface area contributed by atoms with Gasteiger partial charge in [0.15, 0.2) is 0 Å². The summed E-state index contributed by atoms with van der Waals surface area (Å²) in [7, 11) is 1.63. The van der Waals surface area contributed by atoms with E-state index in [-0.39, 0.29) is 23.9 Å². The third kappa shape index (κ3) is 4.73. The molecule has 17 heavy (non-hydrogen) atoms. The van der Waals surface area contributed by atoms with Crippen LogP contribution in [0.1, 0.15) is 39.0 Å². The molecule has 5 heteroatoms. The van der Waals surface area contributed by atoms with Crippen molar-refractivity contribution in [3.63, 3.8) is 0 Å². The quantitative estimate of drug-likeness (QED) is 0.686. The predicted octanol–water partition coefficient (Wildman–Crippen LogP) is 0.586. The lowest BCUT2D eigenvalue weighted by Crippen LogP contribution is -2.47. The second-order valence-electron chi connectivity index (χ2n) is 4.46. The monoisotopic (exact) mass is 242 g/mol. The lowest BCUT2D eigenvalue weighted by Gasteiger charge is -2.20. The lowest BCUT2D eigenvalue weighted by molar-refractivity contribution is -0.126. The van der Waals surface area contributed by atoms with Crippen LogP contribution in [0.15, 0.2) is 0 Å². The molecule has 98 valence electrons. The van der Waals surface area contributed by atoms with Crippen LogP contribution in [0.5, 0.6) is 0 Å². The van der Waals surface area contributed by atoms with Gasteiger partial charge in [0.05, 0.1) is 12.6 Å². The first-order valence-electron chi connectivity index (χ1n) is 6.26. The van der Waals surface area contributed by atoms with Crippen molar-refractivity contribution >= 4 is 11.8 Å². The number of hydrogen-bond donors (Lipinski definition) is 2.